The van der Waals surface area contributed by atoms with Crippen molar-refractivity contribution in [1.82, 2.24) is 14.9 Å². The van der Waals surface area contributed by atoms with Crippen molar-refractivity contribution in [3.8, 4) is 0 Å². The summed E-state index contributed by atoms with van der Waals surface area (Å²) in [5.41, 5.74) is 0.141. The number of amides is 1. The van der Waals surface area contributed by atoms with Crippen molar-refractivity contribution >= 4 is 72.7 Å². The van der Waals surface area contributed by atoms with Crippen LogP contribution < -0.4 is 5.32 Å². The van der Waals surface area contributed by atoms with Gasteiger partial charge >= 0.3 is 0 Å². The van der Waals surface area contributed by atoms with Gasteiger partial charge in [-0.2, -0.15) is 0 Å². The average molecular weight is 500 g/mol. The molecular weight excluding hydrogens is 489 g/mol. The van der Waals surface area contributed by atoms with Crippen LogP contribution in [0.4, 0.5) is 10.2 Å². The zero-order valence-corrected chi connectivity index (χ0v) is 15.7. The summed E-state index contributed by atoms with van der Waals surface area (Å²) in [6.07, 6.45) is 1.41. The van der Waals surface area contributed by atoms with Crippen LogP contribution in [0.15, 0.2) is 10.5 Å². The predicted octanol–water partition coefficient (Wildman–Crippen LogP) is 3.78. The zero-order chi connectivity index (χ0) is 15.9. The number of carbonyl (C=O) groups excluding carboxylic acids is 1. The molecule has 0 bridgehead atoms. The predicted molar refractivity (Wildman–Crippen MR) is 94.4 cm³/mol. The molecule has 3 rings (SSSR count). The molecular formula is C13H10BrClFIN4O. The van der Waals surface area contributed by atoms with Crippen molar-refractivity contribution in [3.05, 3.63) is 25.2 Å². The summed E-state index contributed by atoms with van der Waals surface area (Å²) in [5, 5.41) is 3.54. The summed E-state index contributed by atoms with van der Waals surface area (Å²) in [5.74, 6) is 0.0333. The molecule has 1 N–H and O–H groups in total. The molecule has 1 aromatic carbocycles. The van der Waals surface area contributed by atoms with Crippen molar-refractivity contribution in [1.29, 1.82) is 0 Å². The van der Waals surface area contributed by atoms with Crippen LogP contribution in [0, 0.1) is 9.39 Å². The molecule has 9 heteroatoms. The summed E-state index contributed by atoms with van der Waals surface area (Å²) < 4.78 is 15.4. The molecule has 0 aliphatic carbocycles. The summed E-state index contributed by atoms with van der Waals surface area (Å²) in [6.45, 7) is 1.02. The Morgan fingerprint density at radius 2 is 2.27 bits per heavy atom. The molecule has 0 unspecified atom stereocenters. The van der Waals surface area contributed by atoms with E-state index in [1.807, 2.05) is 22.6 Å². The van der Waals surface area contributed by atoms with Gasteiger partial charge in [-0.25, -0.2) is 14.4 Å². The fraction of sp³-hybridized carbons (Fsp3) is 0.308. The van der Waals surface area contributed by atoms with Gasteiger partial charge in [-0.1, -0.05) is 0 Å². The van der Waals surface area contributed by atoms with Crippen LogP contribution in [0.25, 0.3) is 10.9 Å². The molecule has 22 heavy (non-hydrogen) atoms. The quantitative estimate of drug-likeness (QED) is 0.397. The van der Waals surface area contributed by atoms with Crippen molar-refractivity contribution in [2.24, 2.45) is 0 Å². The van der Waals surface area contributed by atoms with E-state index in [0.29, 0.717) is 38.9 Å². The molecule has 1 aliphatic rings. The number of hydrogen-bond donors (Lipinski definition) is 1. The van der Waals surface area contributed by atoms with Gasteiger partial charge in [-0.05, 0) is 62.6 Å². The van der Waals surface area contributed by atoms with Crippen LogP contribution in [0.5, 0.6) is 0 Å². The minimum atomic E-state index is -0.480. The Kier molecular flexibility index (Phi) is 4.69. The lowest BCUT2D eigenvalue weighted by Gasteiger charge is -2.17. The van der Waals surface area contributed by atoms with E-state index in [-0.39, 0.29) is 16.7 Å². The number of nitrogens with zero attached hydrogens (tertiary/aromatic N) is 3. The normalized spacial score (nSPS) is 14.9. The Labute approximate surface area is 152 Å². The fourth-order valence-electron chi connectivity index (χ4n) is 2.32. The molecule has 1 fully saturated rings. The average Bonchev–Trinajstić information content (AvgIpc) is 2.89. The highest BCUT2D eigenvalue weighted by molar-refractivity contribution is 14.1. The summed E-state index contributed by atoms with van der Waals surface area (Å²) >= 11 is 11.1. The summed E-state index contributed by atoms with van der Waals surface area (Å²) in [6, 6.07) is 1.77. The van der Waals surface area contributed by atoms with Crippen LogP contribution >= 0.6 is 50.1 Å². The number of hydrogen-bond acceptors (Lipinski definition) is 4. The maximum absolute atomic E-state index is 14.3. The first-order valence-corrected chi connectivity index (χ1v) is 8.74. The Balaban J connectivity index is 1.99. The molecule has 1 saturated heterocycles. The van der Waals surface area contributed by atoms with Gasteiger partial charge in [-0.3, -0.25) is 4.79 Å². The lowest BCUT2D eigenvalue weighted by atomic mass is 10.2. The third-order valence-corrected chi connectivity index (χ3v) is 5.94. The molecule has 5 nitrogen and oxygen atoms in total. The highest BCUT2D eigenvalue weighted by Gasteiger charge is 2.21. The van der Waals surface area contributed by atoms with Crippen molar-refractivity contribution in [2.45, 2.75) is 12.8 Å². The van der Waals surface area contributed by atoms with Crippen LogP contribution in [0.3, 0.4) is 0 Å². The Bertz CT molecular complexity index is 776. The number of halogens is 4. The molecule has 0 saturated carbocycles. The molecule has 0 radical (unpaired) electrons. The van der Waals surface area contributed by atoms with E-state index >= 15 is 0 Å². The first-order chi connectivity index (χ1) is 10.5. The standard InChI is InChI=1S/C13H10BrClFIN4O/c14-9-7(17)4-6-11(10(9)16)19-13(15)20-12(6)18-5-21-3-1-2-8(21)22/h4H,1-3,5H2,(H,18,19,20). The van der Waals surface area contributed by atoms with Crippen LogP contribution in [-0.2, 0) is 4.79 Å². The van der Waals surface area contributed by atoms with E-state index in [9.17, 15) is 9.18 Å². The molecule has 1 aliphatic heterocycles. The highest BCUT2D eigenvalue weighted by Crippen LogP contribution is 2.32. The second-order valence-electron chi connectivity index (χ2n) is 4.82. The molecule has 1 amide bonds. The minimum Gasteiger partial charge on any atom is -0.352 e. The van der Waals surface area contributed by atoms with Gasteiger partial charge < -0.3 is 10.2 Å². The topological polar surface area (TPSA) is 58.1 Å². The lowest BCUT2D eigenvalue weighted by Crippen LogP contribution is -2.30. The molecule has 0 spiro atoms. The summed E-state index contributed by atoms with van der Waals surface area (Å²) in [4.78, 5) is 21.4. The number of likely N-dealkylation sites (tertiary alicyclic amines) is 1. The third-order valence-electron chi connectivity index (χ3n) is 3.41. The lowest BCUT2D eigenvalue weighted by molar-refractivity contribution is -0.127. The second kappa shape index (κ2) is 6.40. The van der Waals surface area contributed by atoms with Crippen molar-refractivity contribution in [2.75, 3.05) is 18.5 Å². The number of fused-ring (bicyclic) bond motifs is 1. The number of aromatic nitrogens is 2. The summed E-state index contributed by atoms with van der Waals surface area (Å²) in [7, 11) is 0. The van der Waals surface area contributed by atoms with Crippen molar-refractivity contribution < 1.29 is 9.18 Å². The molecule has 2 heterocycles. The van der Waals surface area contributed by atoms with Gasteiger partial charge in [0.15, 0.2) is 5.82 Å². The largest absolute Gasteiger partial charge is 0.352 e. The second-order valence-corrected chi connectivity index (χ2v) is 7.11. The van der Waals surface area contributed by atoms with Gasteiger partial charge in [0.05, 0.1) is 11.1 Å². The number of rotatable bonds is 3. The van der Waals surface area contributed by atoms with Crippen LogP contribution in [-0.4, -0.2) is 34.0 Å². The number of benzene rings is 1. The smallest absolute Gasteiger partial charge is 0.225 e. The fourth-order valence-corrected chi connectivity index (χ4v) is 3.34. The number of nitrogens with one attached hydrogen (secondary N) is 1. The first-order valence-electron chi connectivity index (χ1n) is 6.49. The van der Waals surface area contributed by atoms with Crippen molar-refractivity contribution in [3.63, 3.8) is 0 Å². The van der Waals surface area contributed by atoms with E-state index in [0.717, 1.165) is 6.42 Å². The van der Waals surface area contributed by atoms with Gasteiger partial charge in [-0.15, -0.1) is 0 Å². The molecule has 1 aromatic heterocycles. The van der Waals surface area contributed by atoms with Crippen LogP contribution in [0.2, 0.25) is 5.28 Å². The van der Waals surface area contributed by atoms with E-state index in [4.69, 9.17) is 11.6 Å². The number of anilines is 1. The monoisotopic (exact) mass is 498 g/mol. The SMILES string of the molecule is O=C1CCCN1CNc1nc(Cl)nc2c(F)c(Br)c(I)cc12. The molecule has 116 valence electrons. The molecule has 0 atom stereocenters. The maximum Gasteiger partial charge on any atom is 0.225 e. The maximum atomic E-state index is 14.3. The molecule has 2 aromatic rings. The van der Waals surface area contributed by atoms with E-state index in [1.165, 1.54) is 0 Å². The van der Waals surface area contributed by atoms with Gasteiger partial charge in [0.2, 0.25) is 11.2 Å². The first kappa shape index (κ1) is 16.1. The van der Waals surface area contributed by atoms with Gasteiger partial charge in [0, 0.05) is 21.9 Å². The zero-order valence-electron chi connectivity index (χ0n) is 11.2. The number of carbonyl (C=O) groups is 1. The Morgan fingerprint density at radius 3 is 2.95 bits per heavy atom. The Morgan fingerprint density at radius 1 is 1.50 bits per heavy atom. The third kappa shape index (κ3) is 3.00. The minimum absolute atomic E-state index is 0.0465. The van der Waals surface area contributed by atoms with E-state index < -0.39 is 5.82 Å². The highest BCUT2D eigenvalue weighted by atomic mass is 127. The van der Waals surface area contributed by atoms with E-state index in [2.05, 4.69) is 31.2 Å². The van der Waals surface area contributed by atoms with E-state index in [1.54, 1.807) is 11.0 Å². The van der Waals surface area contributed by atoms with Gasteiger partial charge in [0.25, 0.3) is 0 Å². The van der Waals surface area contributed by atoms with Crippen LogP contribution in [0.1, 0.15) is 12.8 Å². The Hall–Kier alpha value is -0.740. The van der Waals surface area contributed by atoms with Gasteiger partial charge in [0.1, 0.15) is 11.3 Å².